The molecule has 0 saturated heterocycles. The Kier molecular flexibility index (Phi) is 21.2. The number of rotatable bonds is 12. The molecule has 0 unspecified atom stereocenters. The minimum atomic E-state index is -4.31. The average Bonchev–Trinajstić information content (AvgIpc) is 2.64. The van der Waals surface area contributed by atoms with Crippen LogP contribution in [0.3, 0.4) is 0 Å². The second-order valence-electron chi connectivity index (χ2n) is 7.12. The molecule has 0 radical (unpaired) electrons. The fourth-order valence-corrected chi connectivity index (χ4v) is 3.11. The van der Waals surface area contributed by atoms with Crippen molar-refractivity contribution in [3.8, 4) is 0 Å². The molecule has 1 rings (SSSR count). The number of aliphatic hydroxyl groups is 1. The Hall–Kier alpha value is -0.396. The van der Waals surface area contributed by atoms with Gasteiger partial charge >= 0.3 is 23.7 Å². The summed E-state index contributed by atoms with van der Waals surface area (Å²) >= 11 is 0.750. The molecule has 0 amide bonds. The van der Waals surface area contributed by atoms with E-state index < -0.39 is 10.1 Å². The predicted octanol–water partition coefficient (Wildman–Crippen LogP) is 5.32. The van der Waals surface area contributed by atoms with Crippen molar-refractivity contribution in [1.29, 1.82) is 0 Å². The quantitative estimate of drug-likeness (QED) is 0.265. The second-order valence-corrected chi connectivity index (χ2v) is 8.50. The number of benzene rings is 1. The fourth-order valence-electron chi connectivity index (χ4n) is 2.64. The molecule has 0 heterocycles. The zero-order valence-electron chi connectivity index (χ0n) is 17.7. The van der Waals surface area contributed by atoms with Crippen LogP contribution < -0.4 is 0 Å². The molecule has 5 nitrogen and oxygen atoms in total. The number of hydrogen-bond donors (Lipinski definition) is 1. The van der Waals surface area contributed by atoms with Gasteiger partial charge in [0.05, 0.1) is 4.90 Å². The monoisotopic (exact) mass is 449 g/mol. The van der Waals surface area contributed by atoms with E-state index in [1.165, 1.54) is 69.9 Å². The number of hydrogen-bond acceptors (Lipinski definition) is 5. The van der Waals surface area contributed by atoms with Crippen molar-refractivity contribution in [3.63, 3.8) is 0 Å². The van der Waals surface area contributed by atoms with Gasteiger partial charge in [-0.1, -0.05) is 76.8 Å². The Balaban J connectivity index is 0. The molecular formula is C21H37O5STi. The molecule has 0 aromatic heterocycles. The van der Waals surface area contributed by atoms with Crippen LogP contribution in [0, 0.1) is 0 Å². The first-order valence-electron chi connectivity index (χ1n) is 10.2. The molecule has 0 fully saturated rings. The molecule has 161 valence electrons. The van der Waals surface area contributed by atoms with Crippen LogP contribution in [-0.4, -0.2) is 24.2 Å². The van der Waals surface area contributed by atoms with Crippen LogP contribution in [0.5, 0.6) is 0 Å². The standard InChI is InChI=1S/C18H30O3S.C3H8O.O.Ti/c1-2-3-4-5-6-7-8-9-10-11-12-17-13-15-18(16-14-17)22(19,20)21;1-3(2)4;;/h13-16H,2-12H2,1H3,(H,19,20,21);3-4H,1-2H3;;/q;;;+1/p-1. The molecular weight excluding hydrogens is 412 g/mol. The molecule has 7 heteroatoms. The summed E-state index contributed by atoms with van der Waals surface area (Å²) in [7, 11) is -4.31. The maximum atomic E-state index is 10.8. The minimum absolute atomic E-state index is 0.140. The van der Waals surface area contributed by atoms with Crippen LogP contribution in [0.4, 0.5) is 0 Å². The SMILES string of the molecule is CC(C)O.CCCCCCCCCCCCc1ccc(S(=O)(=O)[O-])cc1.[O]=[Ti+]. The molecule has 1 N–H and O–H groups in total. The van der Waals surface area contributed by atoms with Gasteiger partial charge in [0.2, 0.25) is 0 Å². The third-order valence-electron chi connectivity index (χ3n) is 4.03. The molecule has 0 spiro atoms. The summed E-state index contributed by atoms with van der Waals surface area (Å²) in [6.45, 7) is 5.69. The van der Waals surface area contributed by atoms with E-state index in [9.17, 15) is 13.0 Å². The predicted molar refractivity (Wildman–Crippen MR) is 108 cm³/mol. The van der Waals surface area contributed by atoms with E-state index in [0.29, 0.717) is 0 Å². The van der Waals surface area contributed by atoms with Gasteiger partial charge < -0.3 is 9.66 Å². The first-order valence-corrected chi connectivity index (χ1v) is 12.2. The summed E-state index contributed by atoms with van der Waals surface area (Å²) in [4.78, 5) is -0.140. The van der Waals surface area contributed by atoms with Gasteiger partial charge in [-0.3, -0.25) is 0 Å². The zero-order chi connectivity index (χ0) is 21.8. The molecule has 0 saturated carbocycles. The number of aryl methyl sites for hydroxylation is 1. The topological polar surface area (TPSA) is 94.5 Å². The first kappa shape index (κ1) is 29.8. The molecule has 0 bridgehead atoms. The van der Waals surface area contributed by atoms with Gasteiger partial charge in [-0.05, 0) is 44.4 Å². The van der Waals surface area contributed by atoms with Crippen molar-refractivity contribution < 1.29 is 41.8 Å². The summed E-state index contributed by atoms with van der Waals surface area (Å²) in [5.41, 5.74) is 1.10. The van der Waals surface area contributed by atoms with E-state index in [0.717, 1.165) is 38.8 Å². The molecule has 0 aliphatic rings. The van der Waals surface area contributed by atoms with Gasteiger partial charge in [0.25, 0.3) is 0 Å². The van der Waals surface area contributed by atoms with Crippen molar-refractivity contribution in [2.24, 2.45) is 0 Å². The van der Waals surface area contributed by atoms with Crippen molar-refractivity contribution in [2.75, 3.05) is 0 Å². The molecule has 28 heavy (non-hydrogen) atoms. The summed E-state index contributed by atoms with van der Waals surface area (Å²) in [5.74, 6) is 0. The molecule has 0 aliphatic carbocycles. The Morgan fingerprint density at radius 3 is 1.57 bits per heavy atom. The summed E-state index contributed by atoms with van der Waals surface area (Å²) in [6.07, 6.45) is 13.9. The van der Waals surface area contributed by atoms with Crippen molar-refractivity contribution in [2.45, 2.75) is 102 Å². The normalized spacial score (nSPS) is 10.7. The molecule has 0 atom stereocenters. The van der Waals surface area contributed by atoms with Crippen LogP contribution in [0.2, 0.25) is 0 Å². The second kappa shape index (κ2) is 19.9. The van der Waals surface area contributed by atoms with Crippen molar-refractivity contribution in [3.05, 3.63) is 29.8 Å². The molecule has 0 aliphatic heterocycles. The van der Waals surface area contributed by atoms with Crippen LogP contribution >= 0.6 is 0 Å². The molecule has 1 aromatic rings. The average molecular weight is 449 g/mol. The van der Waals surface area contributed by atoms with Crippen LogP contribution in [0.1, 0.15) is 90.5 Å². The Morgan fingerprint density at radius 2 is 1.21 bits per heavy atom. The van der Waals surface area contributed by atoms with Crippen molar-refractivity contribution in [1.82, 2.24) is 0 Å². The van der Waals surface area contributed by atoms with E-state index in [4.69, 9.17) is 8.43 Å². The fraction of sp³-hybridized carbons (Fsp3) is 0.714. The van der Waals surface area contributed by atoms with Crippen LogP contribution in [0.25, 0.3) is 0 Å². The van der Waals surface area contributed by atoms with Gasteiger partial charge in [-0.2, -0.15) is 0 Å². The first-order chi connectivity index (χ1) is 13.3. The van der Waals surface area contributed by atoms with E-state index in [-0.39, 0.29) is 11.0 Å². The van der Waals surface area contributed by atoms with Crippen molar-refractivity contribution >= 4 is 10.1 Å². The number of unbranched alkanes of at least 4 members (excludes halogenated alkanes) is 9. The molecule has 1 aromatic carbocycles. The van der Waals surface area contributed by atoms with E-state index in [1.807, 2.05) is 0 Å². The Labute approximate surface area is 183 Å². The van der Waals surface area contributed by atoms with Gasteiger partial charge in [0, 0.05) is 6.10 Å². The summed E-state index contributed by atoms with van der Waals surface area (Å²) in [5, 5.41) is 8.06. The van der Waals surface area contributed by atoms with E-state index >= 15 is 0 Å². The Morgan fingerprint density at radius 1 is 0.857 bits per heavy atom. The van der Waals surface area contributed by atoms with Crippen LogP contribution in [0.15, 0.2) is 29.2 Å². The third kappa shape index (κ3) is 20.3. The van der Waals surface area contributed by atoms with E-state index in [1.54, 1.807) is 26.0 Å². The van der Waals surface area contributed by atoms with Gasteiger partial charge in [0.1, 0.15) is 10.1 Å². The third-order valence-corrected chi connectivity index (χ3v) is 4.88. The van der Waals surface area contributed by atoms with E-state index in [2.05, 4.69) is 6.92 Å². The maximum absolute atomic E-state index is 10.8. The zero-order valence-corrected chi connectivity index (χ0v) is 20.0. The number of aliphatic hydroxyl groups excluding tert-OH is 1. The van der Waals surface area contributed by atoms with Gasteiger partial charge in [-0.15, -0.1) is 0 Å². The Bertz CT molecular complexity index is 556. The summed E-state index contributed by atoms with van der Waals surface area (Å²) < 4.78 is 40.7. The van der Waals surface area contributed by atoms with Crippen LogP contribution in [-0.2, 0) is 40.3 Å². The van der Waals surface area contributed by atoms with Gasteiger partial charge in [-0.25, -0.2) is 8.42 Å². The summed E-state index contributed by atoms with van der Waals surface area (Å²) in [6, 6.07) is 6.32. The van der Waals surface area contributed by atoms with Gasteiger partial charge in [0.15, 0.2) is 0 Å².